The van der Waals surface area contributed by atoms with E-state index in [1.165, 1.54) is 0 Å². The van der Waals surface area contributed by atoms with Gasteiger partial charge in [-0.05, 0) is 48.6 Å². The van der Waals surface area contributed by atoms with Gasteiger partial charge in [-0.25, -0.2) is 0 Å². The SMILES string of the molecule is COc1ccc(OCC(=O)NNC(=S)NC(=O)c2ccccc2Cl)cc1. The molecule has 26 heavy (non-hydrogen) atoms. The zero-order chi connectivity index (χ0) is 18.9. The maximum Gasteiger partial charge on any atom is 0.276 e. The lowest BCUT2D eigenvalue weighted by Gasteiger charge is -2.12. The van der Waals surface area contributed by atoms with Crippen LogP contribution in [0.4, 0.5) is 0 Å². The predicted molar refractivity (Wildman–Crippen MR) is 101 cm³/mol. The molecule has 0 saturated heterocycles. The van der Waals surface area contributed by atoms with Crippen LogP contribution in [0.1, 0.15) is 10.4 Å². The van der Waals surface area contributed by atoms with E-state index in [0.29, 0.717) is 16.5 Å². The molecule has 2 aromatic rings. The number of benzene rings is 2. The molecule has 0 aliphatic rings. The molecule has 2 aromatic carbocycles. The van der Waals surface area contributed by atoms with Gasteiger partial charge in [0.2, 0.25) is 0 Å². The molecular weight excluding hydrogens is 378 g/mol. The largest absolute Gasteiger partial charge is 0.497 e. The van der Waals surface area contributed by atoms with Crippen molar-refractivity contribution in [3.63, 3.8) is 0 Å². The fraction of sp³-hybridized carbons (Fsp3) is 0.118. The molecule has 0 unspecified atom stereocenters. The molecule has 2 amide bonds. The number of halogens is 1. The van der Waals surface area contributed by atoms with E-state index in [-0.39, 0.29) is 17.3 Å². The maximum atomic E-state index is 12.0. The number of methoxy groups -OCH3 is 1. The Morgan fingerprint density at radius 3 is 2.35 bits per heavy atom. The zero-order valence-electron chi connectivity index (χ0n) is 13.7. The van der Waals surface area contributed by atoms with Gasteiger partial charge in [-0.3, -0.25) is 25.8 Å². The molecule has 0 aliphatic heterocycles. The third-order valence-corrected chi connectivity index (χ3v) is 3.62. The van der Waals surface area contributed by atoms with Gasteiger partial charge in [-0.15, -0.1) is 0 Å². The molecule has 0 saturated carbocycles. The van der Waals surface area contributed by atoms with Gasteiger partial charge in [0.15, 0.2) is 11.7 Å². The van der Waals surface area contributed by atoms with Crippen LogP contribution >= 0.6 is 23.8 Å². The molecule has 9 heteroatoms. The minimum Gasteiger partial charge on any atom is -0.497 e. The summed E-state index contributed by atoms with van der Waals surface area (Å²) >= 11 is 10.9. The van der Waals surface area contributed by atoms with Gasteiger partial charge in [-0.1, -0.05) is 23.7 Å². The first-order valence-corrected chi connectivity index (χ1v) is 8.20. The Hall–Kier alpha value is -2.84. The minimum absolute atomic E-state index is 0.0762. The monoisotopic (exact) mass is 393 g/mol. The van der Waals surface area contributed by atoms with E-state index in [9.17, 15) is 9.59 Å². The Labute approximate surface area is 160 Å². The van der Waals surface area contributed by atoms with Crippen molar-refractivity contribution in [2.24, 2.45) is 0 Å². The number of hydrogen-bond acceptors (Lipinski definition) is 5. The van der Waals surface area contributed by atoms with E-state index in [0.717, 1.165) is 0 Å². The third-order valence-electron chi connectivity index (χ3n) is 3.09. The first-order valence-electron chi connectivity index (χ1n) is 7.41. The van der Waals surface area contributed by atoms with Gasteiger partial charge >= 0.3 is 0 Å². The highest BCUT2D eigenvalue weighted by atomic mass is 35.5. The lowest BCUT2D eigenvalue weighted by Crippen LogP contribution is -2.49. The zero-order valence-corrected chi connectivity index (χ0v) is 15.3. The van der Waals surface area contributed by atoms with Gasteiger partial charge in [0.25, 0.3) is 11.8 Å². The van der Waals surface area contributed by atoms with Gasteiger partial charge in [0.05, 0.1) is 17.7 Å². The number of amides is 2. The van der Waals surface area contributed by atoms with Crippen LogP contribution in [0.25, 0.3) is 0 Å². The Kier molecular flexibility index (Phi) is 7.19. The fourth-order valence-electron chi connectivity index (χ4n) is 1.83. The Morgan fingerprint density at radius 2 is 1.69 bits per heavy atom. The summed E-state index contributed by atoms with van der Waals surface area (Å²) in [5.41, 5.74) is 5.00. The molecule has 0 bridgehead atoms. The summed E-state index contributed by atoms with van der Waals surface area (Å²) in [6.07, 6.45) is 0. The van der Waals surface area contributed by atoms with Crippen molar-refractivity contribution in [1.82, 2.24) is 16.2 Å². The average Bonchev–Trinajstić information content (AvgIpc) is 2.65. The number of hydrazine groups is 1. The number of carbonyl (C=O) groups excluding carboxylic acids is 2. The van der Waals surface area contributed by atoms with Crippen molar-refractivity contribution in [3.8, 4) is 11.5 Å². The molecule has 0 radical (unpaired) electrons. The summed E-state index contributed by atoms with van der Waals surface area (Å²) in [6, 6.07) is 13.3. The second-order valence-corrected chi connectivity index (χ2v) is 5.72. The molecule has 0 heterocycles. The number of ether oxygens (including phenoxy) is 2. The van der Waals surface area contributed by atoms with Crippen LogP contribution in [-0.4, -0.2) is 30.6 Å². The molecule has 2 rings (SSSR count). The van der Waals surface area contributed by atoms with Gasteiger partial charge in [-0.2, -0.15) is 0 Å². The van der Waals surface area contributed by atoms with E-state index in [1.807, 2.05) is 0 Å². The molecule has 0 aromatic heterocycles. The summed E-state index contributed by atoms with van der Waals surface area (Å²) in [7, 11) is 1.56. The van der Waals surface area contributed by atoms with E-state index in [4.69, 9.17) is 33.3 Å². The maximum absolute atomic E-state index is 12.0. The van der Waals surface area contributed by atoms with Crippen molar-refractivity contribution >= 4 is 40.7 Å². The third kappa shape index (κ3) is 5.91. The Morgan fingerprint density at radius 1 is 1.04 bits per heavy atom. The van der Waals surface area contributed by atoms with Crippen LogP contribution in [0, 0.1) is 0 Å². The first kappa shape index (κ1) is 19.5. The number of nitrogens with one attached hydrogen (secondary N) is 3. The van der Waals surface area contributed by atoms with Gasteiger partial charge in [0, 0.05) is 0 Å². The fourth-order valence-corrected chi connectivity index (χ4v) is 2.20. The smallest absolute Gasteiger partial charge is 0.276 e. The summed E-state index contributed by atoms with van der Waals surface area (Å²) in [5, 5.41) is 2.63. The van der Waals surface area contributed by atoms with Crippen molar-refractivity contribution in [3.05, 3.63) is 59.1 Å². The second-order valence-electron chi connectivity index (χ2n) is 4.90. The first-order chi connectivity index (χ1) is 12.5. The molecule has 0 spiro atoms. The van der Waals surface area contributed by atoms with Crippen LogP contribution in [-0.2, 0) is 4.79 Å². The highest BCUT2D eigenvalue weighted by molar-refractivity contribution is 7.80. The van der Waals surface area contributed by atoms with Crippen LogP contribution in [0.5, 0.6) is 11.5 Å². The minimum atomic E-state index is -0.489. The lowest BCUT2D eigenvalue weighted by atomic mass is 10.2. The molecule has 0 atom stereocenters. The lowest BCUT2D eigenvalue weighted by molar-refractivity contribution is -0.123. The quantitative estimate of drug-likeness (QED) is 0.532. The van der Waals surface area contributed by atoms with Crippen molar-refractivity contribution in [1.29, 1.82) is 0 Å². The standard InChI is InChI=1S/C17H16ClN3O4S/c1-24-11-6-8-12(9-7-11)25-10-15(22)20-21-17(26)19-16(23)13-4-2-3-5-14(13)18/h2-9H,10H2,1H3,(H,20,22)(H2,19,21,23,26). The highest BCUT2D eigenvalue weighted by Crippen LogP contribution is 2.16. The molecule has 3 N–H and O–H groups in total. The molecular formula is C17H16ClN3O4S. The molecule has 0 aliphatic carbocycles. The summed E-state index contributed by atoms with van der Waals surface area (Å²) < 4.78 is 10.3. The predicted octanol–water partition coefficient (Wildman–Crippen LogP) is 2.06. The normalized spacial score (nSPS) is 9.77. The van der Waals surface area contributed by atoms with E-state index in [2.05, 4.69) is 16.2 Å². The van der Waals surface area contributed by atoms with Crippen LogP contribution < -0.4 is 25.6 Å². The van der Waals surface area contributed by atoms with Crippen LogP contribution in [0.3, 0.4) is 0 Å². The molecule has 0 fully saturated rings. The molecule has 136 valence electrons. The van der Waals surface area contributed by atoms with E-state index in [1.54, 1.807) is 55.6 Å². The second kappa shape index (κ2) is 9.59. The van der Waals surface area contributed by atoms with Crippen LogP contribution in [0.15, 0.2) is 48.5 Å². The Balaban J connectivity index is 1.73. The number of rotatable bonds is 5. The number of thiocarbonyl (C=S) groups is 1. The topological polar surface area (TPSA) is 88.7 Å². The number of carbonyl (C=O) groups is 2. The van der Waals surface area contributed by atoms with Gasteiger partial charge < -0.3 is 9.47 Å². The number of hydrogen-bond donors (Lipinski definition) is 3. The van der Waals surface area contributed by atoms with Crippen molar-refractivity contribution in [2.75, 3.05) is 13.7 Å². The van der Waals surface area contributed by atoms with Gasteiger partial charge in [0.1, 0.15) is 11.5 Å². The summed E-state index contributed by atoms with van der Waals surface area (Å²) in [4.78, 5) is 23.7. The van der Waals surface area contributed by atoms with Crippen LogP contribution in [0.2, 0.25) is 5.02 Å². The average molecular weight is 394 g/mol. The van der Waals surface area contributed by atoms with Crippen molar-refractivity contribution < 1.29 is 19.1 Å². The highest BCUT2D eigenvalue weighted by Gasteiger charge is 2.11. The van der Waals surface area contributed by atoms with E-state index >= 15 is 0 Å². The van der Waals surface area contributed by atoms with Crippen molar-refractivity contribution in [2.45, 2.75) is 0 Å². The van der Waals surface area contributed by atoms with E-state index < -0.39 is 11.8 Å². The summed E-state index contributed by atoms with van der Waals surface area (Å²) in [5.74, 6) is 0.227. The molecule has 7 nitrogen and oxygen atoms in total. The summed E-state index contributed by atoms with van der Waals surface area (Å²) in [6.45, 7) is -0.236. The Bertz CT molecular complexity index is 799.